The number of hydrogen-bond acceptors (Lipinski definition) is 4. The second-order valence-corrected chi connectivity index (χ2v) is 4.75. The molecule has 0 fully saturated rings. The molecule has 0 saturated carbocycles. The normalized spacial score (nSPS) is 11.6. The topological polar surface area (TPSA) is 116 Å². The number of halogens is 1. The minimum atomic E-state index is -1.29. The molecule has 0 saturated heterocycles. The molecule has 0 rings (SSSR count). The lowest BCUT2D eigenvalue weighted by Crippen LogP contribution is -2.46. The van der Waals surface area contributed by atoms with Crippen molar-refractivity contribution in [2.45, 2.75) is 18.9 Å². The molecule has 0 aliphatic rings. The molecule has 0 aromatic heterocycles. The molecule has 0 radical (unpaired) electrons. The highest BCUT2D eigenvalue weighted by Gasteiger charge is 2.20. The van der Waals surface area contributed by atoms with Gasteiger partial charge in [0.05, 0.1) is 6.67 Å². The van der Waals surface area contributed by atoms with Crippen molar-refractivity contribution in [1.82, 2.24) is 10.6 Å². The first-order valence-electron chi connectivity index (χ1n) is 5.60. The minimum absolute atomic E-state index is 0.186. The molecule has 0 spiro atoms. The van der Waals surface area contributed by atoms with Gasteiger partial charge in [0.2, 0.25) is 0 Å². The smallest absolute Gasteiger partial charge is 0.326 e. The van der Waals surface area contributed by atoms with Gasteiger partial charge in [0.1, 0.15) is 6.04 Å². The Morgan fingerprint density at radius 1 is 1.21 bits per heavy atom. The molecule has 0 aliphatic carbocycles. The number of amides is 2. The summed E-state index contributed by atoms with van der Waals surface area (Å²) in [4.78, 5) is 32.4. The lowest BCUT2D eigenvalue weighted by atomic mass is 10.1. The van der Waals surface area contributed by atoms with Gasteiger partial charge in [-0.1, -0.05) is 0 Å². The zero-order valence-corrected chi connectivity index (χ0v) is 11.0. The molecule has 0 unspecified atom stereocenters. The molecular weight excluding hydrogens is 279 g/mol. The summed E-state index contributed by atoms with van der Waals surface area (Å²) in [5.74, 6) is -1.55. The monoisotopic (exact) mass is 296 g/mol. The number of rotatable bonds is 10. The van der Waals surface area contributed by atoms with Crippen molar-refractivity contribution in [3.8, 4) is 0 Å². The Balaban J connectivity index is 3.90. The lowest BCUT2D eigenvalue weighted by Gasteiger charge is -2.14. The fourth-order valence-electron chi connectivity index (χ4n) is 1.13. The third kappa shape index (κ3) is 10.1. The van der Waals surface area contributed by atoms with Crippen LogP contribution in [0.5, 0.6) is 0 Å². The van der Waals surface area contributed by atoms with Crippen LogP contribution >= 0.6 is 11.8 Å². The molecular formula is C10H17FN2O5S. The number of aliphatic carboxylic acids is 2. The molecule has 0 aromatic rings. The van der Waals surface area contributed by atoms with Gasteiger partial charge >= 0.3 is 18.0 Å². The third-order valence-electron chi connectivity index (χ3n) is 2.00. The summed E-state index contributed by atoms with van der Waals surface area (Å²) in [6, 6.07) is -1.92. The first-order valence-corrected chi connectivity index (χ1v) is 6.75. The van der Waals surface area contributed by atoms with E-state index in [9.17, 15) is 18.8 Å². The van der Waals surface area contributed by atoms with Crippen molar-refractivity contribution in [3.05, 3.63) is 0 Å². The minimum Gasteiger partial charge on any atom is -0.481 e. The van der Waals surface area contributed by atoms with Crippen LogP contribution in [0.15, 0.2) is 0 Å². The van der Waals surface area contributed by atoms with Crippen molar-refractivity contribution < 1.29 is 29.0 Å². The molecule has 0 aliphatic heterocycles. The Kier molecular flexibility index (Phi) is 9.59. The molecule has 19 heavy (non-hydrogen) atoms. The number of thioether (sulfide) groups is 1. The van der Waals surface area contributed by atoms with Gasteiger partial charge < -0.3 is 20.8 Å². The van der Waals surface area contributed by atoms with Gasteiger partial charge in [-0.3, -0.25) is 9.18 Å². The van der Waals surface area contributed by atoms with Crippen molar-refractivity contribution in [2.24, 2.45) is 0 Å². The van der Waals surface area contributed by atoms with Crippen LogP contribution in [-0.2, 0) is 9.59 Å². The molecule has 9 heteroatoms. The van der Waals surface area contributed by atoms with Gasteiger partial charge in [-0.15, -0.1) is 0 Å². The van der Waals surface area contributed by atoms with E-state index in [1.807, 2.05) is 0 Å². The van der Waals surface area contributed by atoms with Crippen molar-refractivity contribution in [3.63, 3.8) is 0 Å². The van der Waals surface area contributed by atoms with E-state index in [0.29, 0.717) is 11.5 Å². The number of nitrogens with one attached hydrogen (secondary N) is 2. The highest BCUT2D eigenvalue weighted by atomic mass is 32.2. The Labute approximate surface area is 113 Å². The summed E-state index contributed by atoms with van der Waals surface area (Å²) in [6.45, 7) is -0.158. The lowest BCUT2D eigenvalue weighted by molar-refractivity contribution is -0.140. The van der Waals surface area contributed by atoms with Crippen LogP contribution in [0.1, 0.15) is 12.8 Å². The van der Waals surface area contributed by atoms with Crippen LogP contribution in [0.4, 0.5) is 9.18 Å². The van der Waals surface area contributed by atoms with Crippen LogP contribution in [0, 0.1) is 0 Å². The molecule has 2 amide bonds. The Morgan fingerprint density at radius 2 is 1.89 bits per heavy atom. The average molecular weight is 296 g/mol. The quantitative estimate of drug-likeness (QED) is 0.431. The highest BCUT2D eigenvalue weighted by Crippen LogP contribution is 1.99. The highest BCUT2D eigenvalue weighted by molar-refractivity contribution is 7.99. The second kappa shape index (κ2) is 10.4. The predicted octanol–water partition coefficient (Wildman–Crippen LogP) is 0.306. The maximum absolute atomic E-state index is 11.8. The maximum Gasteiger partial charge on any atom is 0.326 e. The summed E-state index contributed by atoms with van der Waals surface area (Å²) in [5.41, 5.74) is 0. The van der Waals surface area contributed by atoms with Crippen LogP contribution in [0.3, 0.4) is 0 Å². The van der Waals surface area contributed by atoms with Crippen molar-refractivity contribution in [2.75, 3.05) is 24.7 Å². The van der Waals surface area contributed by atoms with Crippen LogP contribution < -0.4 is 10.6 Å². The van der Waals surface area contributed by atoms with Gasteiger partial charge in [-0.05, 0) is 6.42 Å². The largest absolute Gasteiger partial charge is 0.481 e. The number of hydrogen-bond donors (Lipinski definition) is 4. The molecule has 0 aromatic carbocycles. The third-order valence-corrected chi connectivity index (χ3v) is 2.94. The summed E-state index contributed by atoms with van der Waals surface area (Å²) in [5, 5.41) is 21.8. The maximum atomic E-state index is 11.8. The van der Waals surface area contributed by atoms with E-state index < -0.39 is 30.7 Å². The summed E-state index contributed by atoms with van der Waals surface area (Å²) in [6.07, 6.45) is -0.529. The zero-order valence-electron chi connectivity index (χ0n) is 10.2. The number of urea groups is 1. The van der Waals surface area contributed by atoms with E-state index in [4.69, 9.17) is 10.2 Å². The summed E-state index contributed by atoms with van der Waals surface area (Å²) < 4.78 is 11.8. The van der Waals surface area contributed by atoms with Crippen molar-refractivity contribution in [1.29, 1.82) is 0 Å². The van der Waals surface area contributed by atoms with E-state index in [0.717, 1.165) is 0 Å². The molecule has 1 atom stereocenters. The SMILES string of the molecule is O=C(O)CC[C@H](NC(=O)NCCSCCF)C(=O)O. The fraction of sp³-hybridized carbons (Fsp3) is 0.700. The van der Waals surface area contributed by atoms with Crippen LogP contribution in [0.25, 0.3) is 0 Å². The zero-order chi connectivity index (χ0) is 14.7. The first-order chi connectivity index (χ1) is 8.97. The first kappa shape index (κ1) is 17.5. The van der Waals surface area contributed by atoms with Gasteiger partial charge in [0.15, 0.2) is 0 Å². The number of carbonyl (C=O) groups excluding carboxylic acids is 1. The van der Waals surface area contributed by atoms with Crippen molar-refractivity contribution >= 4 is 29.7 Å². The van der Waals surface area contributed by atoms with Gasteiger partial charge in [0.25, 0.3) is 0 Å². The van der Waals surface area contributed by atoms with E-state index in [1.54, 1.807) is 0 Å². The number of carbonyl (C=O) groups is 3. The standard InChI is InChI=1S/C10H17FN2O5S/c11-3-5-19-6-4-12-10(18)13-7(9(16)17)1-2-8(14)15/h7H,1-6H2,(H,14,15)(H,16,17)(H2,12,13,18)/t7-/m0/s1. The number of carboxylic acid groups (broad SMARTS) is 2. The molecule has 0 bridgehead atoms. The van der Waals surface area contributed by atoms with Gasteiger partial charge in [-0.2, -0.15) is 11.8 Å². The molecule has 4 N–H and O–H groups in total. The Morgan fingerprint density at radius 3 is 2.42 bits per heavy atom. The Bertz CT molecular complexity index is 316. The predicted molar refractivity (Wildman–Crippen MR) is 68.1 cm³/mol. The fourth-order valence-corrected chi connectivity index (χ4v) is 1.69. The summed E-state index contributed by atoms with van der Waals surface area (Å²) >= 11 is 1.32. The Hall–Kier alpha value is -1.51. The van der Waals surface area contributed by atoms with E-state index in [-0.39, 0.29) is 19.4 Å². The van der Waals surface area contributed by atoms with E-state index in [1.165, 1.54) is 11.8 Å². The molecule has 110 valence electrons. The van der Waals surface area contributed by atoms with Crippen LogP contribution in [0.2, 0.25) is 0 Å². The molecule has 0 heterocycles. The van der Waals surface area contributed by atoms with Crippen LogP contribution in [-0.4, -0.2) is 58.9 Å². The van der Waals surface area contributed by atoms with Gasteiger partial charge in [0, 0.05) is 24.5 Å². The van der Waals surface area contributed by atoms with Gasteiger partial charge in [-0.25, -0.2) is 9.59 Å². The van der Waals surface area contributed by atoms with E-state index in [2.05, 4.69) is 10.6 Å². The van der Waals surface area contributed by atoms with E-state index >= 15 is 0 Å². The molecule has 7 nitrogen and oxygen atoms in total. The summed E-state index contributed by atoms with van der Waals surface area (Å²) in [7, 11) is 0. The number of carboxylic acids is 2. The number of alkyl halides is 1. The average Bonchev–Trinajstić information content (AvgIpc) is 2.33. The second-order valence-electron chi connectivity index (χ2n) is 3.52.